The van der Waals surface area contributed by atoms with Gasteiger partial charge in [0, 0.05) is 37.4 Å². The van der Waals surface area contributed by atoms with E-state index in [2.05, 4.69) is 30.5 Å². The first-order valence-electron chi connectivity index (χ1n) is 10.9. The molecule has 1 aromatic carbocycles. The quantitative estimate of drug-likeness (QED) is 0.397. The number of tetrazole rings is 1. The van der Waals surface area contributed by atoms with Crippen molar-refractivity contribution in [3.8, 4) is 17.3 Å². The molecule has 180 valence electrons. The SMILES string of the molecule is O=C(c1ccc(-c2nnn[nH]2)nc1)N1CCN(Cc2ccc(COc3ccc(Cl)cc3Cl)o2)CC1. The molecule has 1 saturated heterocycles. The number of H-pyrrole nitrogens is 1. The Morgan fingerprint density at radius 3 is 2.60 bits per heavy atom. The van der Waals surface area contributed by atoms with E-state index in [1.165, 1.54) is 0 Å². The molecule has 1 aliphatic rings. The fourth-order valence-corrected chi connectivity index (χ4v) is 4.23. The maximum absolute atomic E-state index is 12.9. The van der Waals surface area contributed by atoms with Crippen LogP contribution in [0.1, 0.15) is 21.9 Å². The molecular weight excluding hydrogens is 493 g/mol. The monoisotopic (exact) mass is 513 g/mol. The summed E-state index contributed by atoms with van der Waals surface area (Å²) < 4.78 is 11.6. The third kappa shape index (κ3) is 5.61. The molecule has 12 heteroatoms. The molecule has 1 fully saturated rings. The highest BCUT2D eigenvalue weighted by Gasteiger charge is 2.23. The molecule has 0 aliphatic carbocycles. The molecule has 0 spiro atoms. The van der Waals surface area contributed by atoms with E-state index in [1.54, 1.807) is 36.5 Å². The average Bonchev–Trinajstić information content (AvgIpc) is 3.56. The van der Waals surface area contributed by atoms with Crippen LogP contribution in [0.2, 0.25) is 10.0 Å². The van der Waals surface area contributed by atoms with Crippen molar-refractivity contribution in [1.29, 1.82) is 0 Å². The minimum Gasteiger partial charge on any atom is -0.484 e. The van der Waals surface area contributed by atoms with Gasteiger partial charge >= 0.3 is 0 Å². The second kappa shape index (κ2) is 10.4. The molecule has 1 N–H and O–H groups in total. The lowest BCUT2D eigenvalue weighted by Crippen LogP contribution is -2.48. The molecule has 0 unspecified atom stereocenters. The first-order chi connectivity index (χ1) is 17.0. The van der Waals surface area contributed by atoms with Crippen molar-refractivity contribution < 1.29 is 13.9 Å². The van der Waals surface area contributed by atoms with Gasteiger partial charge in [-0.1, -0.05) is 23.2 Å². The number of hydrogen-bond acceptors (Lipinski definition) is 8. The van der Waals surface area contributed by atoms with Crippen LogP contribution in [0.3, 0.4) is 0 Å². The van der Waals surface area contributed by atoms with E-state index in [0.29, 0.717) is 58.3 Å². The first kappa shape index (κ1) is 23.3. The third-order valence-electron chi connectivity index (χ3n) is 5.62. The molecule has 4 heterocycles. The van der Waals surface area contributed by atoms with Crippen LogP contribution in [-0.4, -0.2) is 67.5 Å². The Balaban J connectivity index is 1.10. The predicted octanol–water partition coefficient (Wildman–Crippen LogP) is 3.70. The normalized spacial score (nSPS) is 14.3. The van der Waals surface area contributed by atoms with E-state index in [-0.39, 0.29) is 12.5 Å². The van der Waals surface area contributed by atoms with Gasteiger partial charge in [-0.05, 0) is 52.9 Å². The van der Waals surface area contributed by atoms with Gasteiger partial charge in [-0.2, -0.15) is 0 Å². The smallest absolute Gasteiger partial charge is 0.255 e. The van der Waals surface area contributed by atoms with Gasteiger partial charge in [0.2, 0.25) is 0 Å². The Morgan fingerprint density at radius 1 is 1.06 bits per heavy atom. The zero-order valence-electron chi connectivity index (χ0n) is 18.5. The predicted molar refractivity (Wildman–Crippen MR) is 128 cm³/mol. The second-order valence-electron chi connectivity index (χ2n) is 7.98. The van der Waals surface area contributed by atoms with Crippen molar-refractivity contribution in [2.24, 2.45) is 0 Å². The van der Waals surface area contributed by atoms with Crippen LogP contribution < -0.4 is 4.74 Å². The summed E-state index contributed by atoms with van der Waals surface area (Å²) in [4.78, 5) is 21.2. The Hall–Kier alpha value is -3.47. The number of amides is 1. The molecule has 1 amide bonds. The summed E-state index contributed by atoms with van der Waals surface area (Å²) in [6.45, 7) is 3.66. The summed E-state index contributed by atoms with van der Waals surface area (Å²) in [5.41, 5.74) is 1.11. The topological polar surface area (TPSA) is 113 Å². The number of benzene rings is 1. The molecule has 4 aromatic rings. The highest BCUT2D eigenvalue weighted by atomic mass is 35.5. The van der Waals surface area contributed by atoms with Crippen molar-refractivity contribution in [2.45, 2.75) is 13.2 Å². The first-order valence-corrected chi connectivity index (χ1v) is 11.7. The Kier molecular flexibility index (Phi) is 6.94. The number of ether oxygens (including phenoxy) is 1. The molecule has 35 heavy (non-hydrogen) atoms. The standard InChI is InChI=1S/C23H21Cl2N7O3/c24-16-2-6-21(19(25)11-16)34-14-18-4-3-17(35-18)13-31-7-9-32(10-8-31)23(33)15-1-5-20(26-12-15)22-27-29-30-28-22/h1-6,11-12H,7-10,13-14H2,(H,27,28,29,30). The molecule has 10 nitrogen and oxygen atoms in total. The number of rotatable bonds is 7. The lowest BCUT2D eigenvalue weighted by molar-refractivity contribution is 0.0619. The average molecular weight is 514 g/mol. The zero-order valence-corrected chi connectivity index (χ0v) is 20.0. The van der Waals surface area contributed by atoms with Gasteiger partial charge < -0.3 is 14.1 Å². The minimum atomic E-state index is -0.0438. The molecule has 0 bridgehead atoms. The van der Waals surface area contributed by atoms with Crippen molar-refractivity contribution in [1.82, 2.24) is 35.4 Å². The van der Waals surface area contributed by atoms with Gasteiger partial charge in [0.05, 0.1) is 17.1 Å². The number of furan rings is 1. The molecule has 5 rings (SSSR count). The summed E-state index contributed by atoms with van der Waals surface area (Å²) in [5.74, 6) is 2.51. The largest absolute Gasteiger partial charge is 0.484 e. The number of nitrogens with zero attached hydrogens (tertiary/aromatic N) is 6. The van der Waals surface area contributed by atoms with Crippen molar-refractivity contribution in [2.75, 3.05) is 26.2 Å². The Morgan fingerprint density at radius 2 is 1.89 bits per heavy atom. The van der Waals surface area contributed by atoms with E-state index in [9.17, 15) is 4.79 Å². The summed E-state index contributed by atoms with van der Waals surface area (Å²) >= 11 is 12.1. The van der Waals surface area contributed by atoms with E-state index >= 15 is 0 Å². The number of carbonyl (C=O) groups excluding carboxylic acids is 1. The van der Waals surface area contributed by atoms with Crippen LogP contribution in [0, 0.1) is 0 Å². The minimum absolute atomic E-state index is 0.0438. The van der Waals surface area contributed by atoms with Crippen molar-refractivity contribution >= 4 is 29.1 Å². The number of nitrogens with one attached hydrogen (secondary N) is 1. The number of pyridine rings is 1. The number of piperazine rings is 1. The van der Waals surface area contributed by atoms with E-state index in [0.717, 1.165) is 18.8 Å². The Labute approximate surface area is 210 Å². The lowest BCUT2D eigenvalue weighted by atomic mass is 10.2. The number of aromatic amines is 1. The van der Waals surface area contributed by atoms with Crippen LogP contribution in [0.15, 0.2) is 53.1 Å². The van der Waals surface area contributed by atoms with Crippen LogP contribution in [0.5, 0.6) is 5.75 Å². The summed E-state index contributed by atoms with van der Waals surface area (Å²) in [6.07, 6.45) is 1.55. The third-order valence-corrected chi connectivity index (χ3v) is 6.15. The van der Waals surface area contributed by atoms with Gasteiger partial charge in [-0.15, -0.1) is 5.10 Å². The van der Waals surface area contributed by atoms with Crippen LogP contribution in [0.25, 0.3) is 11.5 Å². The fourth-order valence-electron chi connectivity index (χ4n) is 3.77. The maximum atomic E-state index is 12.9. The number of aromatic nitrogens is 5. The number of halogens is 2. The van der Waals surface area contributed by atoms with E-state index in [4.69, 9.17) is 32.4 Å². The lowest BCUT2D eigenvalue weighted by Gasteiger charge is -2.34. The summed E-state index contributed by atoms with van der Waals surface area (Å²) in [7, 11) is 0. The number of hydrogen-bond donors (Lipinski definition) is 1. The highest BCUT2D eigenvalue weighted by Crippen LogP contribution is 2.28. The Bertz CT molecular complexity index is 1290. The van der Waals surface area contributed by atoms with Crippen molar-refractivity contribution in [3.63, 3.8) is 0 Å². The van der Waals surface area contributed by atoms with Gasteiger partial charge in [0.25, 0.3) is 5.91 Å². The van der Waals surface area contributed by atoms with Gasteiger partial charge in [0.1, 0.15) is 29.6 Å². The fraction of sp³-hybridized carbons (Fsp3) is 0.261. The number of carbonyl (C=O) groups is 1. The molecule has 0 atom stereocenters. The second-order valence-corrected chi connectivity index (χ2v) is 8.83. The van der Waals surface area contributed by atoms with Gasteiger partial charge in [0.15, 0.2) is 5.82 Å². The molecule has 1 aliphatic heterocycles. The maximum Gasteiger partial charge on any atom is 0.255 e. The molecule has 0 radical (unpaired) electrons. The van der Waals surface area contributed by atoms with E-state index < -0.39 is 0 Å². The van der Waals surface area contributed by atoms with Gasteiger partial charge in [-0.25, -0.2) is 5.10 Å². The molecule has 3 aromatic heterocycles. The molecular formula is C23H21Cl2N7O3. The van der Waals surface area contributed by atoms with E-state index in [1.807, 2.05) is 17.0 Å². The van der Waals surface area contributed by atoms with Gasteiger partial charge in [-0.3, -0.25) is 14.7 Å². The summed E-state index contributed by atoms with van der Waals surface area (Å²) in [6, 6.07) is 12.4. The van der Waals surface area contributed by atoms with Crippen LogP contribution >= 0.6 is 23.2 Å². The van der Waals surface area contributed by atoms with Crippen molar-refractivity contribution in [3.05, 3.63) is 75.8 Å². The summed E-state index contributed by atoms with van der Waals surface area (Å²) in [5, 5.41) is 14.5. The van der Waals surface area contributed by atoms with Crippen LogP contribution in [-0.2, 0) is 13.2 Å². The van der Waals surface area contributed by atoms with Crippen LogP contribution in [0.4, 0.5) is 0 Å². The zero-order chi connectivity index (χ0) is 24.2. The highest BCUT2D eigenvalue weighted by molar-refractivity contribution is 6.35. The molecule has 0 saturated carbocycles.